The lowest BCUT2D eigenvalue weighted by Crippen LogP contribution is -2.44. The molecule has 7 nitrogen and oxygen atoms in total. The molecule has 24 heavy (non-hydrogen) atoms. The summed E-state index contributed by atoms with van der Waals surface area (Å²) in [7, 11) is 0. The molecule has 8 heteroatoms. The summed E-state index contributed by atoms with van der Waals surface area (Å²) in [6, 6.07) is 0.132. The number of halogens is 1. The minimum absolute atomic E-state index is 0.0366. The second kappa shape index (κ2) is 7.01. The molecule has 0 spiro atoms. The molecule has 0 radical (unpaired) electrons. The van der Waals surface area contributed by atoms with E-state index in [1.807, 2.05) is 13.8 Å². The number of nitrogens with zero attached hydrogens (tertiary/aromatic N) is 3. The van der Waals surface area contributed by atoms with Gasteiger partial charge in [0.05, 0.1) is 6.61 Å². The Labute approximate surface area is 146 Å². The first-order valence-electron chi connectivity index (χ1n) is 8.46. The number of carbonyl (C=O) groups is 2. The van der Waals surface area contributed by atoms with Gasteiger partial charge in [0.1, 0.15) is 5.02 Å². The number of amides is 2. The summed E-state index contributed by atoms with van der Waals surface area (Å²) in [4.78, 5) is 26.5. The van der Waals surface area contributed by atoms with Gasteiger partial charge in [0.2, 0.25) is 11.8 Å². The van der Waals surface area contributed by atoms with Gasteiger partial charge in [0.15, 0.2) is 5.69 Å². The van der Waals surface area contributed by atoms with E-state index in [2.05, 4.69) is 10.4 Å². The molecule has 0 atom stereocenters. The molecule has 1 fully saturated rings. The maximum atomic E-state index is 12.7. The fraction of sp³-hybridized carbons (Fsp3) is 0.688. The molecule has 1 aromatic rings. The van der Waals surface area contributed by atoms with Crippen LogP contribution in [-0.4, -0.2) is 52.2 Å². The summed E-state index contributed by atoms with van der Waals surface area (Å²) >= 11 is 6.27. The molecule has 2 aliphatic rings. The summed E-state index contributed by atoms with van der Waals surface area (Å²) in [6.45, 7) is 6.26. The number of ether oxygens (including phenoxy) is 1. The van der Waals surface area contributed by atoms with E-state index in [0.717, 1.165) is 6.42 Å². The Kier molecular flexibility index (Phi) is 4.99. The first kappa shape index (κ1) is 17.1. The standard InChI is InChI=1S/C16H23ClN4O3/c1-10(2)18-14(22)11-4-7-20(8-5-11)15(23)13-12(17)16-21(19-13)6-3-9-24-16/h10-11H,3-9H2,1-2H3,(H,18,22). The number of aryl methyl sites for hydroxylation is 1. The maximum absolute atomic E-state index is 12.7. The van der Waals surface area contributed by atoms with E-state index in [0.29, 0.717) is 50.0 Å². The lowest BCUT2D eigenvalue weighted by molar-refractivity contribution is -0.126. The molecule has 1 aromatic heterocycles. The highest BCUT2D eigenvalue weighted by Crippen LogP contribution is 2.32. The minimum Gasteiger partial charge on any atom is -0.477 e. The van der Waals surface area contributed by atoms with Crippen molar-refractivity contribution in [1.82, 2.24) is 20.0 Å². The van der Waals surface area contributed by atoms with E-state index in [1.165, 1.54) is 0 Å². The average molecular weight is 355 g/mol. The molecule has 0 aromatic carbocycles. The summed E-state index contributed by atoms with van der Waals surface area (Å²) in [6.07, 6.45) is 2.17. The molecular weight excluding hydrogens is 332 g/mol. The third-order valence-electron chi connectivity index (χ3n) is 4.39. The van der Waals surface area contributed by atoms with Crippen molar-refractivity contribution in [2.45, 2.75) is 45.7 Å². The van der Waals surface area contributed by atoms with Crippen molar-refractivity contribution < 1.29 is 14.3 Å². The number of nitrogens with one attached hydrogen (secondary N) is 1. The number of aromatic nitrogens is 2. The van der Waals surface area contributed by atoms with Crippen molar-refractivity contribution in [1.29, 1.82) is 0 Å². The number of rotatable bonds is 3. The molecule has 0 unspecified atom stereocenters. The van der Waals surface area contributed by atoms with Crippen molar-refractivity contribution in [3.05, 3.63) is 10.7 Å². The summed E-state index contributed by atoms with van der Waals surface area (Å²) in [5.74, 6) is 0.331. The van der Waals surface area contributed by atoms with Crippen molar-refractivity contribution in [3.63, 3.8) is 0 Å². The van der Waals surface area contributed by atoms with Crippen molar-refractivity contribution in [2.75, 3.05) is 19.7 Å². The van der Waals surface area contributed by atoms with Gasteiger partial charge in [-0.25, -0.2) is 4.68 Å². The monoisotopic (exact) mass is 354 g/mol. The fourth-order valence-electron chi connectivity index (χ4n) is 3.13. The predicted octanol–water partition coefficient (Wildman–Crippen LogP) is 1.70. The van der Waals surface area contributed by atoms with Gasteiger partial charge in [-0.3, -0.25) is 9.59 Å². The van der Waals surface area contributed by atoms with Gasteiger partial charge < -0.3 is 15.0 Å². The Balaban J connectivity index is 1.63. The average Bonchev–Trinajstić information content (AvgIpc) is 2.91. The maximum Gasteiger partial charge on any atom is 0.276 e. The normalized spacial score (nSPS) is 18.2. The second-order valence-corrected chi connectivity index (χ2v) is 7.00. The molecule has 2 aliphatic heterocycles. The Hall–Kier alpha value is -1.76. The van der Waals surface area contributed by atoms with Crippen LogP contribution in [0.3, 0.4) is 0 Å². The number of hydrogen-bond acceptors (Lipinski definition) is 4. The smallest absolute Gasteiger partial charge is 0.276 e. The first-order chi connectivity index (χ1) is 11.5. The fourth-order valence-corrected chi connectivity index (χ4v) is 3.40. The van der Waals surface area contributed by atoms with Crippen LogP contribution in [0.2, 0.25) is 5.02 Å². The molecule has 0 bridgehead atoms. The van der Waals surface area contributed by atoms with E-state index in [1.54, 1.807) is 9.58 Å². The predicted molar refractivity (Wildman–Crippen MR) is 89.3 cm³/mol. The van der Waals surface area contributed by atoms with E-state index >= 15 is 0 Å². The van der Waals surface area contributed by atoms with Crippen LogP contribution in [0.4, 0.5) is 0 Å². The highest BCUT2D eigenvalue weighted by atomic mass is 35.5. The summed E-state index contributed by atoms with van der Waals surface area (Å²) in [5.41, 5.74) is 0.249. The molecule has 0 saturated carbocycles. The SMILES string of the molecule is CC(C)NC(=O)C1CCN(C(=O)c2nn3c(c2Cl)OCCC3)CC1. The molecule has 1 saturated heterocycles. The molecule has 0 aliphatic carbocycles. The zero-order valence-corrected chi connectivity index (χ0v) is 14.8. The van der Waals surface area contributed by atoms with Crippen LogP contribution < -0.4 is 10.1 Å². The van der Waals surface area contributed by atoms with Crippen molar-refractivity contribution in [3.8, 4) is 5.88 Å². The van der Waals surface area contributed by atoms with E-state index in [9.17, 15) is 9.59 Å². The number of fused-ring (bicyclic) bond motifs is 1. The van der Waals surface area contributed by atoms with Crippen LogP contribution in [0.25, 0.3) is 0 Å². The molecule has 1 N–H and O–H groups in total. The largest absolute Gasteiger partial charge is 0.477 e. The van der Waals surface area contributed by atoms with Gasteiger partial charge in [0.25, 0.3) is 5.91 Å². The van der Waals surface area contributed by atoms with E-state index in [-0.39, 0.29) is 29.5 Å². The van der Waals surface area contributed by atoms with Gasteiger partial charge in [-0.1, -0.05) is 11.6 Å². The lowest BCUT2D eigenvalue weighted by Gasteiger charge is -2.31. The highest BCUT2D eigenvalue weighted by Gasteiger charge is 2.32. The number of carbonyl (C=O) groups excluding carboxylic acids is 2. The van der Waals surface area contributed by atoms with Gasteiger partial charge in [0, 0.05) is 38.0 Å². The second-order valence-electron chi connectivity index (χ2n) is 6.62. The topological polar surface area (TPSA) is 76.5 Å². The zero-order chi connectivity index (χ0) is 17.3. The third kappa shape index (κ3) is 3.36. The number of hydrogen-bond donors (Lipinski definition) is 1. The summed E-state index contributed by atoms with van der Waals surface area (Å²) in [5, 5.41) is 7.53. The highest BCUT2D eigenvalue weighted by molar-refractivity contribution is 6.34. The van der Waals surface area contributed by atoms with Gasteiger partial charge >= 0.3 is 0 Å². The summed E-state index contributed by atoms with van der Waals surface area (Å²) < 4.78 is 7.16. The van der Waals surface area contributed by atoms with Crippen LogP contribution in [0.1, 0.15) is 43.6 Å². The van der Waals surface area contributed by atoms with Crippen LogP contribution >= 0.6 is 11.6 Å². The molecule has 132 valence electrons. The quantitative estimate of drug-likeness (QED) is 0.896. The number of piperidine rings is 1. The Morgan fingerprint density at radius 2 is 2.00 bits per heavy atom. The molecular formula is C16H23ClN4O3. The van der Waals surface area contributed by atoms with Gasteiger partial charge in [-0.2, -0.15) is 5.10 Å². The van der Waals surface area contributed by atoms with Crippen LogP contribution in [-0.2, 0) is 11.3 Å². The molecule has 3 rings (SSSR count). The van der Waals surface area contributed by atoms with Crippen LogP contribution in [0.15, 0.2) is 0 Å². The Bertz CT molecular complexity index is 636. The Morgan fingerprint density at radius 3 is 2.62 bits per heavy atom. The lowest BCUT2D eigenvalue weighted by atomic mass is 9.95. The van der Waals surface area contributed by atoms with Crippen molar-refractivity contribution in [2.24, 2.45) is 5.92 Å². The Morgan fingerprint density at radius 1 is 1.29 bits per heavy atom. The zero-order valence-electron chi connectivity index (χ0n) is 14.0. The molecule has 2 amide bonds. The van der Waals surface area contributed by atoms with Gasteiger partial charge in [-0.15, -0.1) is 0 Å². The minimum atomic E-state index is -0.187. The number of likely N-dealkylation sites (tertiary alicyclic amines) is 1. The van der Waals surface area contributed by atoms with Gasteiger partial charge in [-0.05, 0) is 26.7 Å². The third-order valence-corrected chi connectivity index (χ3v) is 4.73. The molecule has 3 heterocycles. The van der Waals surface area contributed by atoms with Crippen molar-refractivity contribution >= 4 is 23.4 Å². The van der Waals surface area contributed by atoms with Crippen LogP contribution in [0.5, 0.6) is 5.88 Å². The van der Waals surface area contributed by atoms with E-state index < -0.39 is 0 Å². The van der Waals surface area contributed by atoms with Crippen LogP contribution in [0, 0.1) is 5.92 Å². The first-order valence-corrected chi connectivity index (χ1v) is 8.84. The van der Waals surface area contributed by atoms with E-state index in [4.69, 9.17) is 16.3 Å².